The average molecular weight is 410 g/mol. The van der Waals surface area contributed by atoms with Crippen LogP contribution in [0.1, 0.15) is 26.2 Å². The Bertz CT molecular complexity index is 894. The molecule has 2 aromatic carbocycles. The highest BCUT2D eigenvalue weighted by molar-refractivity contribution is 5.93. The minimum atomic E-state index is -0.508. The van der Waals surface area contributed by atoms with Crippen molar-refractivity contribution < 1.29 is 23.8 Å². The molecule has 1 atom stereocenters. The van der Waals surface area contributed by atoms with E-state index in [1.54, 1.807) is 18.2 Å². The van der Waals surface area contributed by atoms with Gasteiger partial charge in [-0.05, 0) is 43.5 Å². The van der Waals surface area contributed by atoms with Crippen molar-refractivity contribution in [2.24, 2.45) is 5.92 Å². The largest absolute Gasteiger partial charge is 0.481 e. The van der Waals surface area contributed by atoms with E-state index < -0.39 is 6.10 Å². The number of carbonyl (C=O) groups excluding carboxylic acids is 2. The molecule has 1 N–H and O–H groups in total. The number of rotatable bonds is 6. The fourth-order valence-corrected chi connectivity index (χ4v) is 3.76. The second-order valence-electron chi connectivity index (χ2n) is 7.48. The molecular weight excluding hydrogens is 384 g/mol. The van der Waals surface area contributed by atoms with Crippen molar-refractivity contribution in [2.75, 3.05) is 25.2 Å². The van der Waals surface area contributed by atoms with Crippen molar-refractivity contribution in [1.82, 2.24) is 4.90 Å². The Hall–Kier alpha value is -3.22. The number of hydrogen-bond acceptors (Lipinski definition) is 5. The van der Waals surface area contributed by atoms with E-state index in [0.717, 1.165) is 0 Å². The summed E-state index contributed by atoms with van der Waals surface area (Å²) in [4.78, 5) is 27.4. The Morgan fingerprint density at radius 3 is 2.57 bits per heavy atom. The van der Waals surface area contributed by atoms with Gasteiger partial charge in [-0.3, -0.25) is 9.59 Å². The van der Waals surface area contributed by atoms with Crippen LogP contribution >= 0.6 is 0 Å². The number of amides is 2. The minimum absolute atomic E-state index is 0.0176. The van der Waals surface area contributed by atoms with E-state index in [9.17, 15) is 9.59 Å². The molecule has 30 heavy (non-hydrogen) atoms. The highest BCUT2D eigenvalue weighted by Crippen LogP contribution is 2.34. The maximum Gasteiger partial charge on any atom is 0.263 e. The predicted molar refractivity (Wildman–Crippen MR) is 112 cm³/mol. The number of piperidine rings is 1. The smallest absolute Gasteiger partial charge is 0.263 e. The number of ether oxygens (including phenoxy) is 3. The molecule has 158 valence electrons. The zero-order valence-corrected chi connectivity index (χ0v) is 17.0. The highest BCUT2D eigenvalue weighted by atomic mass is 16.7. The van der Waals surface area contributed by atoms with Gasteiger partial charge in [-0.25, -0.2) is 0 Å². The minimum Gasteiger partial charge on any atom is -0.481 e. The second kappa shape index (κ2) is 9.07. The maximum absolute atomic E-state index is 12.9. The SMILES string of the molecule is CC[C@@H](Oc1ccccc1)C(=O)N1CCC(C(=O)Nc2ccc3c(c2)OCO3)CC1. The van der Waals surface area contributed by atoms with Crippen molar-refractivity contribution in [3.8, 4) is 17.2 Å². The first-order valence-corrected chi connectivity index (χ1v) is 10.3. The summed E-state index contributed by atoms with van der Waals surface area (Å²) in [5.41, 5.74) is 0.685. The van der Waals surface area contributed by atoms with Gasteiger partial charge in [0.05, 0.1) is 0 Å². The van der Waals surface area contributed by atoms with Crippen LogP contribution in [-0.2, 0) is 9.59 Å². The first-order chi connectivity index (χ1) is 14.6. The van der Waals surface area contributed by atoms with E-state index >= 15 is 0 Å². The van der Waals surface area contributed by atoms with Gasteiger partial charge >= 0.3 is 0 Å². The zero-order valence-electron chi connectivity index (χ0n) is 17.0. The number of likely N-dealkylation sites (tertiary alicyclic amines) is 1. The Morgan fingerprint density at radius 2 is 1.83 bits per heavy atom. The van der Waals surface area contributed by atoms with Gasteiger partial charge in [0.15, 0.2) is 17.6 Å². The molecule has 0 spiro atoms. The van der Waals surface area contributed by atoms with Gasteiger partial charge in [-0.2, -0.15) is 0 Å². The molecule has 0 unspecified atom stereocenters. The van der Waals surface area contributed by atoms with Gasteiger partial charge in [-0.15, -0.1) is 0 Å². The van der Waals surface area contributed by atoms with Crippen molar-refractivity contribution in [3.63, 3.8) is 0 Å². The van der Waals surface area contributed by atoms with Crippen LogP contribution < -0.4 is 19.5 Å². The Labute approximate surface area is 175 Å². The van der Waals surface area contributed by atoms with Crippen LogP contribution in [0.2, 0.25) is 0 Å². The normalized spacial score (nSPS) is 16.8. The number of nitrogens with zero attached hydrogens (tertiary/aromatic N) is 1. The number of hydrogen-bond donors (Lipinski definition) is 1. The molecule has 0 bridgehead atoms. The van der Waals surface area contributed by atoms with E-state index in [-0.39, 0.29) is 24.5 Å². The number of nitrogens with one attached hydrogen (secondary N) is 1. The Balaban J connectivity index is 1.29. The van der Waals surface area contributed by atoms with Gasteiger partial charge in [0, 0.05) is 30.8 Å². The topological polar surface area (TPSA) is 77.1 Å². The lowest BCUT2D eigenvalue weighted by molar-refractivity contribution is -0.141. The van der Waals surface area contributed by atoms with E-state index in [1.807, 2.05) is 42.2 Å². The van der Waals surface area contributed by atoms with Crippen LogP contribution in [0.5, 0.6) is 17.2 Å². The molecule has 0 aromatic heterocycles. The molecule has 0 aliphatic carbocycles. The zero-order chi connectivity index (χ0) is 20.9. The molecule has 7 heteroatoms. The van der Waals surface area contributed by atoms with Crippen LogP contribution in [0.15, 0.2) is 48.5 Å². The summed E-state index contributed by atoms with van der Waals surface area (Å²) in [5.74, 6) is 1.83. The van der Waals surface area contributed by atoms with Crippen LogP contribution in [0.25, 0.3) is 0 Å². The van der Waals surface area contributed by atoms with Crippen molar-refractivity contribution in [1.29, 1.82) is 0 Å². The van der Waals surface area contributed by atoms with Crippen molar-refractivity contribution in [2.45, 2.75) is 32.3 Å². The lowest BCUT2D eigenvalue weighted by Crippen LogP contribution is -2.47. The van der Waals surface area contributed by atoms with E-state index in [2.05, 4.69) is 5.32 Å². The fraction of sp³-hybridized carbons (Fsp3) is 0.391. The maximum atomic E-state index is 12.9. The summed E-state index contributed by atoms with van der Waals surface area (Å²) in [7, 11) is 0. The number of fused-ring (bicyclic) bond motifs is 1. The number of carbonyl (C=O) groups is 2. The quantitative estimate of drug-likeness (QED) is 0.789. The molecule has 0 radical (unpaired) electrons. The Morgan fingerprint density at radius 1 is 1.10 bits per heavy atom. The van der Waals surface area contributed by atoms with Gasteiger partial charge in [0.2, 0.25) is 12.7 Å². The molecule has 0 saturated carbocycles. The molecule has 4 rings (SSSR count). The molecular formula is C23H26N2O5. The van der Waals surface area contributed by atoms with Gasteiger partial charge in [-0.1, -0.05) is 25.1 Å². The molecule has 2 aromatic rings. The summed E-state index contributed by atoms with van der Waals surface area (Å²) >= 11 is 0. The predicted octanol–water partition coefficient (Wildman–Crippen LogP) is 3.45. The summed E-state index contributed by atoms with van der Waals surface area (Å²) in [6.07, 6.45) is 1.35. The Kier molecular flexibility index (Phi) is 6.07. The molecule has 2 heterocycles. The summed E-state index contributed by atoms with van der Waals surface area (Å²) in [6.45, 7) is 3.24. The molecule has 2 aliphatic heterocycles. The standard InChI is InChI=1S/C23H26N2O5/c1-2-19(30-18-6-4-3-5-7-18)23(27)25-12-10-16(11-13-25)22(26)24-17-8-9-20-21(14-17)29-15-28-20/h3-9,14,16,19H,2,10-13,15H2,1H3,(H,24,26)/t19-/m1/s1. The second-order valence-corrected chi connectivity index (χ2v) is 7.48. The third-order valence-corrected chi connectivity index (χ3v) is 5.49. The van der Waals surface area contributed by atoms with Crippen molar-refractivity contribution >= 4 is 17.5 Å². The van der Waals surface area contributed by atoms with E-state index in [4.69, 9.17) is 14.2 Å². The van der Waals surface area contributed by atoms with E-state index in [1.165, 1.54) is 0 Å². The monoisotopic (exact) mass is 410 g/mol. The molecule has 1 saturated heterocycles. The van der Waals surface area contributed by atoms with Crippen LogP contribution in [-0.4, -0.2) is 42.7 Å². The number of benzene rings is 2. The number of para-hydroxylation sites is 1. The fourth-order valence-electron chi connectivity index (χ4n) is 3.76. The molecule has 2 amide bonds. The first-order valence-electron chi connectivity index (χ1n) is 10.3. The third-order valence-electron chi connectivity index (χ3n) is 5.49. The number of anilines is 1. The van der Waals surface area contributed by atoms with Crippen LogP contribution in [0.4, 0.5) is 5.69 Å². The summed E-state index contributed by atoms with van der Waals surface area (Å²) < 4.78 is 16.5. The van der Waals surface area contributed by atoms with Gasteiger partial charge in [0.1, 0.15) is 5.75 Å². The van der Waals surface area contributed by atoms with Gasteiger partial charge in [0.25, 0.3) is 5.91 Å². The van der Waals surface area contributed by atoms with Crippen molar-refractivity contribution in [3.05, 3.63) is 48.5 Å². The summed E-state index contributed by atoms with van der Waals surface area (Å²) in [6, 6.07) is 14.7. The molecule has 1 fully saturated rings. The third kappa shape index (κ3) is 4.50. The molecule has 7 nitrogen and oxygen atoms in total. The van der Waals surface area contributed by atoms with E-state index in [0.29, 0.717) is 55.3 Å². The lowest BCUT2D eigenvalue weighted by Gasteiger charge is -2.33. The van der Waals surface area contributed by atoms with Crippen LogP contribution in [0, 0.1) is 5.92 Å². The summed E-state index contributed by atoms with van der Waals surface area (Å²) in [5, 5.41) is 2.95. The van der Waals surface area contributed by atoms with Gasteiger partial charge < -0.3 is 24.4 Å². The average Bonchev–Trinajstić information content (AvgIpc) is 3.26. The molecule has 2 aliphatic rings. The first kappa shape index (κ1) is 20.1. The lowest BCUT2D eigenvalue weighted by atomic mass is 9.95. The highest BCUT2D eigenvalue weighted by Gasteiger charge is 2.31. The van der Waals surface area contributed by atoms with Crippen LogP contribution in [0.3, 0.4) is 0 Å².